The molecule has 1 aromatic heterocycles. The standard InChI is InChI=1S/C18H21ClN2O3S/c1-13-2-11-18(20-12-13)24-16-7-5-15(6-8-16)21-25(22,23)17-9-3-14(19)4-10-17/h2-4,9-12,15-16,21H,5-8H2,1H3. The number of ether oxygens (including phenoxy) is 1. The number of nitrogens with one attached hydrogen (secondary N) is 1. The van der Waals surface area contributed by atoms with Crippen molar-refractivity contribution in [1.82, 2.24) is 9.71 Å². The molecule has 5 nitrogen and oxygen atoms in total. The molecule has 1 saturated carbocycles. The number of hydrogen-bond donors (Lipinski definition) is 1. The molecule has 1 aliphatic rings. The minimum absolute atomic E-state index is 0.0755. The maximum atomic E-state index is 12.4. The van der Waals surface area contributed by atoms with Crippen LogP contribution in [0.25, 0.3) is 0 Å². The fourth-order valence-corrected chi connectivity index (χ4v) is 4.33. The van der Waals surface area contributed by atoms with E-state index in [2.05, 4.69) is 9.71 Å². The lowest BCUT2D eigenvalue weighted by atomic mass is 9.94. The lowest BCUT2D eigenvalue weighted by Crippen LogP contribution is -2.39. The molecule has 0 unspecified atom stereocenters. The quantitative estimate of drug-likeness (QED) is 0.858. The van der Waals surface area contributed by atoms with Crippen molar-refractivity contribution in [2.24, 2.45) is 0 Å². The van der Waals surface area contributed by atoms with Crippen LogP contribution in [0, 0.1) is 6.92 Å². The second kappa shape index (κ2) is 7.72. The van der Waals surface area contributed by atoms with Crippen LogP contribution in [0.2, 0.25) is 5.02 Å². The van der Waals surface area contributed by atoms with Gasteiger partial charge in [0.1, 0.15) is 6.10 Å². The van der Waals surface area contributed by atoms with E-state index in [1.807, 2.05) is 19.1 Å². The number of pyridine rings is 1. The predicted octanol–water partition coefficient (Wildman–Crippen LogP) is 3.71. The Kier molecular flexibility index (Phi) is 5.61. The third-order valence-electron chi connectivity index (χ3n) is 4.29. The zero-order valence-corrected chi connectivity index (χ0v) is 15.6. The molecule has 1 N–H and O–H groups in total. The highest BCUT2D eigenvalue weighted by molar-refractivity contribution is 7.89. The van der Waals surface area contributed by atoms with Gasteiger partial charge in [-0.1, -0.05) is 17.7 Å². The molecule has 0 amide bonds. The molecule has 1 aromatic carbocycles. The molecule has 0 aliphatic heterocycles. The molecule has 1 aliphatic carbocycles. The number of rotatable bonds is 5. The van der Waals surface area contributed by atoms with Crippen molar-refractivity contribution in [3.63, 3.8) is 0 Å². The lowest BCUT2D eigenvalue weighted by molar-refractivity contribution is 0.138. The second-order valence-corrected chi connectivity index (χ2v) is 8.49. The average molecular weight is 381 g/mol. The van der Waals surface area contributed by atoms with Gasteiger partial charge >= 0.3 is 0 Å². The number of aromatic nitrogens is 1. The Labute approximate surface area is 153 Å². The molecule has 7 heteroatoms. The summed E-state index contributed by atoms with van der Waals surface area (Å²) in [6.45, 7) is 1.98. The average Bonchev–Trinajstić information content (AvgIpc) is 2.59. The van der Waals surface area contributed by atoms with Gasteiger partial charge in [0.2, 0.25) is 15.9 Å². The van der Waals surface area contributed by atoms with E-state index in [1.54, 1.807) is 18.3 Å². The third kappa shape index (κ3) is 4.93. The summed E-state index contributed by atoms with van der Waals surface area (Å²) in [7, 11) is -3.52. The highest BCUT2D eigenvalue weighted by Crippen LogP contribution is 2.24. The summed E-state index contributed by atoms with van der Waals surface area (Å²) in [5.74, 6) is 0.621. The molecule has 1 heterocycles. The Hall–Kier alpha value is -1.63. The molecule has 0 atom stereocenters. The Morgan fingerprint density at radius 1 is 1.08 bits per heavy atom. The van der Waals surface area contributed by atoms with Gasteiger partial charge in [-0.15, -0.1) is 0 Å². The fraction of sp³-hybridized carbons (Fsp3) is 0.389. The van der Waals surface area contributed by atoms with E-state index < -0.39 is 10.0 Å². The SMILES string of the molecule is Cc1ccc(OC2CCC(NS(=O)(=O)c3ccc(Cl)cc3)CC2)nc1. The van der Waals surface area contributed by atoms with E-state index >= 15 is 0 Å². The zero-order valence-electron chi connectivity index (χ0n) is 14.0. The van der Waals surface area contributed by atoms with Gasteiger partial charge in [-0.05, 0) is 62.4 Å². The maximum Gasteiger partial charge on any atom is 0.240 e. The van der Waals surface area contributed by atoms with Gasteiger partial charge in [0.15, 0.2) is 0 Å². The Morgan fingerprint density at radius 3 is 2.36 bits per heavy atom. The van der Waals surface area contributed by atoms with Crippen molar-refractivity contribution in [3.8, 4) is 5.88 Å². The summed E-state index contributed by atoms with van der Waals surface area (Å²) in [6.07, 6.45) is 4.92. The maximum absolute atomic E-state index is 12.4. The van der Waals surface area contributed by atoms with Crippen molar-refractivity contribution in [2.75, 3.05) is 0 Å². The van der Waals surface area contributed by atoms with E-state index in [0.29, 0.717) is 10.9 Å². The van der Waals surface area contributed by atoms with Crippen molar-refractivity contribution < 1.29 is 13.2 Å². The van der Waals surface area contributed by atoms with Crippen LogP contribution in [0.1, 0.15) is 31.2 Å². The van der Waals surface area contributed by atoms with Gasteiger partial charge in [-0.25, -0.2) is 18.1 Å². The first-order valence-corrected chi connectivity index (χ1v) is 10.2. The number of halogens is 1. The zero-order chi connectivity index (χ0) is 17.9. The van der Waals surface area contributed by atoms with Crippen LogP contribution in [0.15, 0.2) is 47.5 Å². The van der Waals surface area contributed by atoms with Gasteiger partial charge in [-0.3, -0.25) is 0 Å². The molecule has 2 aromatic rings. The topological polar surface area (TPSA) is 68.3 Å². The Bertz CT molecular complexity index is 799. The molecular formula is C18H21ClN2O3S. The summed E-state index contributed by atoms with van der Waals surface area (Å²) >= 11 is 5.81. The molecule has 134 valence electrons. The van der Waals surface area contributed by atoms with E-state index in [1.165, 1.54) is 12.1 Å². The smallest absolute Gasteiger partial charge is 0.240 e. The molecule has 0 spiro atoms. The third-order valence-corrected chi connectivity index (χ3v) is 6.08. The van der Waals surface area contributed by atoms with Crippen LogP contribution < -0.4 is 9.46 Å². The molecule has 1 fully saturated rings. The van der Waals surface area contributed by atoms with E-state index in [4.69, 9.17) is 16.3 Å². The summed E-state index contributed by atoms with van der Waals surface area (Å²) in [6, 6.07) is 9.95. The lowest BCUT2D eigenvalue weighted by Gasteiger charge is -2.29. The first kappa shape index (κ1) is 18.2. The Balaban J connectivity index is 1.53. The first-order valence-electron chi connectivity index (χ1n) is 8.29. The van der Waals surface area contributed by atoms with Gasteiger partial charge in [0.05, 0.1) is 4.90 Å². The highest BCUT2D eigenvalue weighted by atomic mass is 35.5. The first-order chi connectivity index (χ1) is 11.9. The van der Waals surface area contributed by atoms with Crippen LogP contribution in [-0.4, -0.2) is 25.5 Å². The van der Waals surface area contributed by atoms with Crippen LogP contribution in [-0.2, 0) is 10.0 Å². The normalized spacial score (nSPS) is 21.0. The summed E-state index contributed by atoms with van der Waals surface area (Å²) in [5.41, 5.74) is 1.09. The number of sulfonamides is 1. The van der Waals surface area contributed by atoms with Gasteiger partial charge < -0.3 is 4.74 Å². The molecule has 3 rings (SSSR count). The number of aryl methyl sites for hydroxylation is 1. The summed E-state index contributed by atoms with van der Waals surface area (Å²) < 4.78 is 33.5. The predicted molar refractivity (Wildman–Crippen MR) is 97.4 cm³/mol. The van der Waals surface area contributed by atoms with E-state index in [9.17, 15) is 8.42 Å². The van der Waals surface area contributed by atoms with Crippen molar-refractivity contribution in [3.05, 3.63) is 53.2 Å². The fourth-order valence-electron chi connectivity index (χ4n) is 2.89. The van der Waals surface area contributed by atoms with Gasteiger partial charge in [0, 0.05) is 23.3 Å². The van der Waals surface area contributed by atoms with Gasteiger partial charge in [-0.2, -0.15) is 0 Å². The van der Waals surface area contributed by atoms with Crippen LogP contribution in [0.5, 0.6) is 5.88 Å². The summed E-state index contributed by atoms with van der Waals surface area (Å²) in [5, 5.41) is 0.515. The van der Waals surface area contributed by atoms with Crippen molar-refractivity contribution >= 4 is 21.6 Å². The van der Waals surface area contributed by atoms with Crippen molar-refractivity contribution in [1.29, 1.82) is 0 Å². The largest absolute Gasteiger partial charge is 0.474 e. The molecule has 0 bridgehead atoms. The summed E-state index contributed by atoms with van der Waals surface area (Å²) in [4.78, 5) is 4.49. The number of hydrogen-bond acceptors (Lipinski definition) is 4. The molecule has 0 saturated heterocycles. The molecule has 25 heavy (non-hydrogen) atoms. The van der Waals surface area contributed by atoms with E-state index in [0.717, 1.165) is 31.2 Å². The van der Waals surface area contributed by atoms with Crippen molar-refractivity contribution in [2.45, 2.75) is 49.6 Å². The van der Waals surface area contributed by atoms with Crippen LogP contribution >= 0.6 is 11.6 Å². The van der Waals surface area contributed by atoms with Crippen LogP contribution in [0.3, 0.4) is 0 Å². The number of benzene rings is 1. The highest BCUT2D eigenvalue weighted by Gasteiger charge is 2.26. The number of nitrogens with zero attached hydrogens (tertiary/aromatic N) is 1. The minimum Gasteiger partial charge on any atom is -0.474 e. The molecular weight excluding hydrogens is 360 g/mol. The van der Waals surface area contributed by atoms with E-state index in [-0.39, 0.29) is 17.0 Å². The van der Waals surface area contributed by atoms with Gasteiger partial charge in [0.25, 0.3) is 0 Å². The Morgan fingerprint density at radius 2 is 1.76 bits per heavy atom. The molecule has 0 radical (unpaired) electrons. The monoisotopic (exact) mass is 380 g/mol. The minimum atomic E-state index is -3.52. The second-order valence-electron chi connectivity index (χ2n) is 6.34. The van der Waals surface area contributed by atoms with Crippen LogP contribution in [0.4, 0.5) is 0 Å².